The predicted octanol–water partition coefficient (Wildman–Crippen LogP) is 3.15. The van der Waals surface area contributed by atoms with Crippen molar-refractivity contribution in [2.24, 2.45) is 0 Å². The van der Waals surface area contributed by atoms with Crippen LogP contribution in [-0.4, -0.2) is 29.0 Å². The van der Waals surface area contributed by atoms with Crippen LogP contribution in [0.5, 0.6) is 0 Å². The predicted molar refractivity (Wildman–Crippen MR) is 74.8 cm³/mol. The lowest BCUT2D eigenvalue weighted by Crippen LogP contribution is -2.00. The van der Waals surface area contributed by atoms with Gasteiger partial charge in [0, 0.05) is 10.2 Å². The molecule has 0 aliphatic heterocycles. The van der Waals surface area contributed by atoms with Crippen LogP contribution in [0.25, 0.3) is 11.5 Å². The van der Waals surface area contributed by atoms with Gasteiger partial charge in [0.15, 0.2) is 0 Å². The Morgan fingerprint density at radius 1 is 1.42 bits per heavy atom. The maximum absolute atomic E-state index is 11.0. The van der Waals surface area contributed by atoms with Gasteiger partial charge in [-0.15, -0.1) is 10.2 Å². The summed E-state index contributed by atoms with van der Waals surface area (Å²) in [6.45, 7) is 0. The van der Waals surface area contributed by atoms with Gasteiger partial charge < -0.3 is 9.15 Å². The van der Waals surface area contributed by atoms with Gasteiger partial charge in [-0.1, -0.05) is 23.9 Å². The summed E-state index contributed by atoms with van der Waals surface area (Å²) in [5.74, 6) is 0.746. The van der Waals surface area contributed by atoms with Crippen LogP contribution in [0, 0.1) is 0 Å². The van der Waals surface area contributed by atoms with Gasteiger partial charge in [-0.25, -0.2) is 0 Å². The van der Waals surface area contributed by atoms with Crippen LogP contribution in [0.15, 0.2) is 38.4 Å². The van der Waals surface area contributed by atoms with Gasteiger partial charge >= 0.3 is 5.97 Å². The lowest BCUT2D eigenvalue weighted by atomic mass is 10.2. The summed E-state index contributed by atoms with van der Waals surface area (Å²) >= 11 is 4.76. The van der Waals surface area contributed by atoms with Crippen molar-refractivity contribution >= 4 is 33.7 Å². The molecule has 1 aromatic heterocycles. The zero-order chi connectivity index (χ0) is 13.7. The second kappa shape index (κ2) is 6.72. The Morgan fingerprint density at radius 2 is 2.21 bits per heavy atom. The lowest BCUT2D eigenvalue weighted by Gasteiger charge is -1.97. The van der Waals surface area contributed by atoms with Crippen molar-refractivity contribution in [2.75, 3.05) is 12.9 Å². The van der Waals surface area contributed by atoms with Gasteiger partial charge in [0.05, 0.1) is 19.1 Å². The topological polar surface area (TPSA) is 65.2 Å². The average molecular weight is 343 g/mol. The molecule has 1 heterocycles. The molecule has 0 N–H and O–H groups in total. The fraction of sp³-hybridized carbons (Fsp3) is 0.250. The third-order valence-electron chi connectivity index (χ3n) is 2.27. The number of benzene rings is 1. The van der Waals surface area contributed by atoms with E-state index in [0.717, 1.165) is 10.0 Å². The molecule has 19 heavy (non-hydrogen) atoms. The summed E-state index contributed by atoms with van der Waals surface area (Å²) in [4.78, 5) is 11.0. The molecule has 0 spiro atoms. The van der Waals surface area contributed by atoms with Crippen LogP contribution in [0.4, 0.5) is 0 Å². The molecule has 0 aliphatic carbocycles. The molecular weight excluding hydrogens is 332 g/mol. The molecule has 100 valence electrons. The lowest BCUT2D eigenvalue weighted by molar-refractivity contribution is -0.140. The standard InChI is InChI=1S/C12H11BrN2O3S/c1-17-10(16)6-7-19-12-15-14-11(18-12)8-4-2-3-5-9(8)13/h2-5H,6-7H2,1H3. The van der Waals surface area contributed by atoms with Crippen LogP contribution in [-0.2, 0) is 9.53 Å². The van der Waals surface area contributed by atoms with Crippen molar-refractivity contribution < 1.29 is 13.9 Å². The second-order valence-corrected chi connectivity index (χ2v) is 5.43. The molecule has 0 bridgehead atoms. The summed E-state index contributed by atoms with van der Waals surface area (Å²) in [7, 11) is 1.37. The van der Waals surface area contributed by atoms with Crippen LogP contribution in [0.3, 0.4) is 0 Å². The van der Waals surface area contributed by atoms with Crippen LogP contribution in [0.2, 0.25) is 0 Å². The number of nitrogens with zero attached hydrogens (tertiary/aromatic N) is 2. The van der Waals surface area contributed by atoms with Gasteiger partial charge in [0.1, 0.15) is 0 Å². The van der Waals surface area contributed by atoms with Gasteiger partial charge in [-0.2, -0.15) is 0 Å². The van der Waals surface area contributed by atoms with Gasteiger partial charge in [0.2, 0.25) is 5.89 Å². The Balaban J connectivity index is 2.00. The first-order chi connectivity index (χ1) is 9.20. The number of ether oxygens (including phenoxy) is 1. The van der Waals surface area contributed by atoms with Crippen molar-refractivity contribution in [1.29, 1.82) is 0 Å². The molecule has 2 rings (SSSR count). The quantitative estimate of drug-likeness (QED) is 0.614. The molecular formula is C12H11BrN2O3S. The van der Waals surface area contributed by atoms with Crippen LogP contribution < -0.4 is 0 Å². The molecule has 0 saturated carbocycles. The summed E-state index contributed by atoms with van der Waals surface area (Å²) in [5, 5.41) is 8.35. The Bertz CT molecular complexity index is 574. The van der Waals surface area contributed by atoms with E-state index in [0.29, 0.717) is 23.3 Å². The molecule has 0 saturated heterocycles. The van der Waals surface area contributed by atoms with Crippen molar-refractivity contribution in [3.05, 3.63) is 28.7 Å². The van der Waals surface area contributed by atoms with E-state index in [1.807, 2.05) is 24.3 Å². The molecule has 2 aromatic rings. The van der Waals surface area contributed by atoms with Crippen molar-refractivity contribution in [3.63, 3.8) is 0 Å². The molecule has 5 nitrogen and oxygen atoms in total. The Morgan fingerprint density at radius 3 is 2.95 bits per heavy atom. The van der Waals surface area contributed by atoms with E-state index in [2.05, 4.69) is 30.9 Å². The second-order valence-electron chi connectivity index (χ2n) is 3.53. The van der Waals surface area contributed by atoms with E-state index in [-0.39, 0.29) is 5.97 Å². The number of thioether (sulfide) groups is 1. The largest absolute Gasteiger partial charge is 0.469 e. The fourth-order valence-corrected chi connectivity index (χ4v) is 2.47. The van der Waals surface area contributed by atoms with Gasteiger partial charge in [-0.3, -0.25) is 4.79 Å². The number of halogens is 1. The minimum Gasteiger partial charge on any atom is -0.469 e. The number of methoxy groups -OCH3 is 1. The van der Waals surface area contributed by atoms with E-state index < -0.39 is 0 Å². The summed E-state index contributed by atoms with van der Waals surface area (Å²) in [6, 6.07) is 7.61. The van der Waals surface area contributed by atoms with E-state index in [1.54, 1.807) is 0 Å². The summed E-state index contributed by atoms with van der Waals surface area (Å²) in [5.41, 5.74) is 0.842. The third-order valence-corrected chi connectivity index (χ3v) is 3.78. The highest BCUT2D eigenvalue weighted by Crippen LogP contribution is 2.29. The molecule has 0 atom stereocenters. The van der Waals surface area contributed by atoms with E-state index in [9.17, 15) is 4.79 Å². The third kappa shape index (κ3) is 3.81. The van der Waals surface area contributed by atoms with Crippen molar-refractivity contribution in [1.82, 2.24) is 10.2 Å². The molecule has 7 heteroatoms. The van der Waals surface area contributed by atoms with Crippen molar-refractivity contribution in [2.45, 2.75) is 11.6 Å². The monoisotopic (exact) mass is 342 g/mol. The highest BCUT2D eigenvalue weighted by Gasteiger charge is 2.12. The molecule has 1 aromatic carbocycles. The fourth-order valence-electron chi connectivity index (χ4n) is 1.34. The molecule has 0 unspecified atom stereocenters. The van der Waals surface area contributed by atoms with E-state index >= 15 is 0 Å². The van der Waals surface area contributed by atoms with Gasteiger partial charge in [0.25, 0.3) is 5.22 Å². The number of hydrogen-bond donors (Lipinski definition) is 0. The van der Waals surface area contributed by atoms with E-state index in [4.69, 9.17) is 4.42 Å². The normalized spacial score (nSPS) is 10.4. The van der Waals surface area contributed by atoms with Gasteiger partial charge in [-0.05, 0) is 28.1 Å². The first-order valence-corrected chi connectivity index (χ1v) is 7.26. The number of hydrogen-bond acceptors (Lipinski definition) is 6. The SMILES string of the molecule is COC(=O)CCSc1nnc(-c2ccccc2Br)o1. The minimum absolute atomic E-state index is 0.252. The number of esters is 1. The number of rotatable bonds is 5. The molecule has 0 radical (unpaired) electrons. The molecule has 0 fully saturated rings. The smallest absolute Gasteiger partial charge is 0.306 e. The Labute approximate surface area is 122 Å². The minimum atomic E-state index is -0.252. The zero-order valence-electron chi connectivity index (χ0n) is 10.1. The highest BCUT2D eigenvalue weighted by molar-refractivity contribution is 9.10. The number of carbonyl (C=O) groups is 1. The average Bonchev–Trinajstić information content (AvgIpc) is 2.87. The zero-order valence-corrected chi connectivity index (χ0v) is 12.5. The number of carbonyl (C=O) groups excluding carboxylic acids is 1. The molecule has 0 aliphatic rings. The Kier molecular flexibility index (Phi) is 4.98. The maximum atomic E-state index is 11.0. The van der Waals surface area contributed by atoms with Crippen LogP contribution >= 0.6 is 27.7 Å². The van der Waals surface area contributed by atoms with Crippen LogP contribution in [0.1, 0.15) is 6.42 Å². The maximum Gasteiger partial charge on any atom is 0.306 e. The molecule has 0 amide bonds. The summed E-state index contributed by atoms with van der Waals surface area (Å²) < 4.78 is 11.0. The summed E-state index contributed by atoms with van der Waals surface area (Å²) in [6.07, 6.45) is 0.313. The first-order valence-electron chi connectivity index (χ1n) is 5.48. The highest BCUT2D eigenvalue weighted by atomic mass is 79.9. The van der Waals surface area contributed by atoms with Crippen molar-refractivity contribution in [3.8, 4) is 11.5 Å². The Hall–Kier alpha value is -1.34. The first kappa shape index (κ1) is 14.1. The van der Waals surface area contributed by atoms with E-state index in [1.165, 1.54) is 18.9 Å². The number of aromatic nitrogens is 2.